The Morgan fingerprint density at radius 2 is 1.73 bits per heavy atom. The van der Waals surface area contributed by atoms with Gasteiger partial charge in [0, 0.05) is 6.61 Å². The summed E-state index contributed by atoms with van der Waals surface area (Å²) < 4.78 is 10.2. The van der Waals surface area contributed by atoms with Gasteiger partial charge >= 0.3 is 5.97 Å². The number of hydrogen-bond acceptors (Lipinski definition) is 3. The first-order chi connectivity index (χ1) is 7.31. The normalized spacial score (nSPS) is 10.3. The fourth-order valence-electron chi connectivity index (χ4n) is 1.18. The van der Waals surface area contributed by atoms with Crippen molar-refractivity contribution in [3.8, 4) is 0 Å². The molecule has 0 spiro atoms. The topological polar surface area (TPSA) is 35.5 Å². The second kappa shape index (κ2) is 11.5. The molecule has 3 nitrogen and oxygen atoms in total. The van der Waals surface area contributed by atoms with Gasteiger partial charge in [-0.05, 0) is 12.8 Å². The molecule has 0 saturated carbocycles. The van der Waals surface area contributed by atoms with Crippen LogP contribution in [-0.2, 0) is 14.3 Å². The molecule has 0 aromatic heterocycles. The van der Waals surface area contributed by atoms with Crippen LogP contribution in [0.4, 0.5) is 0 Å². The fraction of sp³-hybridized carbons (Fsp3) is 0.917. The lowest BCUT2D eigenvalue weighted by Gasteiger charge is -2.04. The van der Waals surface area contributed by atoms with Crippen LogP contribution in [0.1, 0.15) is 52.4 Å². The van der Waals surface area contributed by atoms with E-state index in [2.05, 4.69) is 6.92 Å². The van der Waals surface area contributed by atoms with E-state index in [1.807, 2.05) is 6.92 Å². The van der Waals surface area contributed by atoms with Crippen molar-refractivity contribution in [1.29, 1.82) is 0 Å². The van der Waals surface area contributed by atoms with Crippen LogP contribution in [0.5, 0.6) is 0 Å². The highest BCUT2D eigenvalue weighted by molar-refractivity contribution is 5.69. The molecule has 0 bridgehead atoms. The minimum absolute atomic E-state index is 0.148. The Hall–Kier alpha value is -0.570. The smallest absolute Gasteiger partial charge is 0.308 e. The van der Waals surface area contributed by atoms with Crippen molar-refractivity contribution in [3.05, 3.63) is 0 Å². The predicted octanol–water partition coefficient (Wildman–Crippen LogP) is 2.93. The van der Waals surface area contributed by atoms with Crippen LogP contribution in [0, 0.1) is 0 Å². The van der Waals surface area contributed by atoms with E-state index in [9.17, 15) is 4.79 Å². The molecule has 0 N–H and O–H groups in total. The van der Waals surface area contributed by atoms with Gasteiger partial charge in [0.2, 0.25) is 0 Å². The molecule has 0 radical (unpaired) electrons. The van der Waals surface area contributed by atoms with Crippen molar-refractivity contribution in [3.63, 3.8) is 0 Å². The average molecular weight is 216 g/mol. The van der Waals surface area contributed by atoms with Gasteiger partial charge in [-0.25, -0.2) is 0 Å². The second-order valence-electron chi connectivity index (χ2n) is 3.64. The Bertz CT molecular complexity index is 146. The summed E-state index contributed by atoms with van der Waals surface area (Å²) in [6.45, 7) is 5.95. The maximum absolute atomic E-state index is 11.0. The van der Waals surface area contributed by atoms with Gasteiger partial charge in [-0.2, -0.15) is 0 Å². The van der Waals surface area contributed by atoms with Gasteiger partial charge in [0.1, 0.15) is 0 Å². The fourth-order valence-corrected chi connectivity index (χ4v) is 1.18. The zero-order chi connectivity index (χ0) is 11.4. The number of unbranched alkanes of at least 4 members (excludes halogenated alkanes) is 3. The van der Waals surface area contributed by atoms with Crippen LogP contribution in [0.2, 0.25) is 0 Å². The molecule has 0 rings (SSSR count). The predicted molar refractivity (Wildman–Crippen MR) is 60.8 cm³/mol. The number of rotatable bonds is 10. The molecule has 0 aromatic rings. The minimum atomic E-state index is -0.148. The first-order valence-corrected chi connectivity index (χ1v) is 6.04. The summed E-state index contributed by atoms with van der Waals surface area (Å²) in [4.78, 5) is 11.0. The molecule has 0 unspecified atom stereocenters. The molecule has 0 aliphatic carbocycles. The zero-order valence-corrected chi connectivity index (χ0v) is 10.1. The van der Waals surface area contributed by atoms with Crippen molar-refractivity contribution in [2.45, 2.75) is 52.4 Å². The van der Waals surface area contributed by atoms with Gasteiger partial charge in [0.25, 0.3) is 0 Å². The molecule has 0 fully saturated rings. The molecule has 15 heavy (non-hydrogen) atoms. The number of ether oxygens (including phenoxy) is 2. The lowest BCUT2D eigenvalue weighted by atomic mass is 10.2. The zero-order valence-electron chi connectivity index (χ0n) is 10.1. The standard InChI is InChI=1S/C12H24O3/c1-3-5-6-7-10-14-11-8-12(13)15-9-4-2/h3-11H2,1-2H3. The summed E-state index contributed by atoms with van der Waals surface area (Å²) in [7, 11) is 0. The molecule has 90 valence electrons. The van der Waals surface area contributed by atoms with Crippen molar-refractivity contribution in [2.24, 2.45) is 0 Å². The summed E-state index contributed by atoms with van der Waals surface area (Å²) >= 11 is 0. The van der Waals surface area contributed by atoms with Crippen LogP contribution in [-0.4, -0.2) is 25.8 Å². The molecule has 0 atom stereocenters. The third kappa shape index (κ3) is 11.4. The van der Waals surface area contributed by atoms with E-state index in [0.29, 0.717) is 19.6 Å². The third-order valence-corrected chi connectivity index (χ3v) is 2.06. The minimum Gasteiger partial charge on any atom is -0.466 e. The largest absolute Gasteiger partial charge is 0.466 e. The van der Waals surface area contributed by atoms with Crippen molar-refractivity contribution in [2.75, 3.05) is 19.8 Å². The van der Waals surface area contributed by atoms with Gasteiger partial charge in [-0.15, -0.1) is 0 Å². The van der Waals surface area contributed by atoms with Crippen LogP contribution in [0.15, 0.2) is 0 Å². The maximum Gasteiger partial charge on any atom is 0.308 e. The van der Waals surface area contributed by atoms with E-state index in [1.54, 1.807) is 0 Å². The van der Waals surface area contributed by atoms with Gasteiger partial charge in [-0.1, -0.05) is 33.1 Å². The monoisotopic (exact) mass is 216 g/mol. The molecule has 0 amide bonds. The lowest BCUT2D eigenvalue weighted by molar-refractivity contribution is -0.144. The van der Waals surface area contributed by atoms with E-state index in [4.69, 9.17) is 9.47 Å². The maximum atomic E-state index is 11.0. The molecular weight excluding hydrogens is 192 g/mol. The van der Waals surface area contributed by atoms with Crippen LogP contribution in [0.25, 0.3) is 0 Å². The van der Waals surface area contributed by atoms with Crippen LogP contribution in [0.3, 0.4) is 0 Å². The van der Waals surface area contributed by atoms with Gasteiger partial charge in [-0.3, -0.25) is 4.79 Å². The van der Waals surface area contributed by atoms with E-state index in [1.165, 1.54) is 19.3 Å². The van der Waals surface area contributed by atoms with E-state index in [0.717, 1.165) is 19.4 Å². The number of carbonyl (C=O) groups excluding carboxylic acids is 1. The van der Waals surface area contributed by atoms with E-state index >= 15 is 0 Å². The Balaban J connectivity index is 3.06. The van der Waals surface area contributed by atoms with E-state index in [-0.39, 0.29) is 5.97 Å². The Morgan fingerprint density at radius 1 is 0.933 bits per heavy atom. The summed E-state index contributed by atoms with van der Waals surface area (Å²) in [5.74, 6) is -0.148. The highest BCUT2D eigenvalue weighted by atomic mass is 16.5. The SMILES string of the molecule is CCCCCCOCCC(=O)OCCC. The second-order valence-corrected chi connectivity index (χ2v) is 3.64. The summed E-state index contributed by atoms with van der Waals surface area (Å²) in [5, 5.41) is 0. The van der Waals surface area contributed by atoms with Crippen molar-refractivity contribution >= 4 is 5.97 Å². The first kappa shape index (κ1) is 14.4. The number of carbonyl (C=O) groups is 1. The highest BCUT2D eigenvalue weighted by Gasteiger charge is 2.01. The van der Waals surface area contributed by atoms with Gasteiger partial charge < -0.3 is 9.47 Å². The van der Waals surface area contributed by atoms with Gasteiger partial charge in [0.15, 0.2) is 0 Å². The molecule has 0 heterocycles. The Kier molecular flexibility index (Phi) is 11.1. The number of esters is 1. The third-order valence-electron chi connectivity index (χ3n) is 2.06. The molecular formula is C12H24O3. The van der Waals surface area contributed by atoms with E-state index < -0.39 is 0 Å². The Morgan fingerprint density at radius 3 is 2.40 bits per heavy atom. The lowest BCUT2D eigenvalue weighted by Crippen LogP contribution is -2.09. The van der Waals surface area contributed by atoms with Crippen molar-refractivity contribution in [1.82, 2.24) is 0 Å². The average Bonchev–Trinajstić information content (AvgIpc) is 2.25. The summed E-state index contributed by atoms with van der Waals surface area (Å²) in [5.41, 5.74) is 0. The molecule has 0 saturated heterocycles. The van der Waals surface area contributed by atoms with Gasteiger partial charge in [0.05, 0.1) is 19.6 Å². The van der Waals surface area contributed by atoms with Crippen LogP contribution < -0.4 is 0 Å². The molecule has 0 aromatic carbocycles. The molecule has 3 heteroatoms. The first-order valence-electron chi connectivity index (χ1n) is 6.04. The molecule has 0 aliphatic heterocycles. The quantitative estimate of drug-likeness (QED) is 0.416. The number of hydrogen-bond donors (Lipinski definition) is 0. The Labute approximate surface area is 93.1 Å². The summed E-state index contributed by atoms with van der Waals surface area (Å²) in [6.07, 6.45) is 6.08. The highest BCUT2D eigenvalue weighted by Crippen LogP contribution is 1.99. The van der Waals surface area contributed by atoms with Crippen LogP contribution >= 0.6 is 0 Å². The van der Waals surface area contributed by atoms with Crippen molar-refractivity contribution < 1.29 is 14.3 Å². The summed E-state index contributed by atoms with van der Waals surface area (Å²) in [6, 6.07) is 0. The molecule has 0 aliphatic rings.